The summed E-state index contributed by atoms with van der Waals surface area (Å²) in [6, 6.07) is 8.00. The first-order valence-corrected chi connectivity index (χ1v) is 11.4. The molecule has 0 bridgehead atoms. The van der Waals surface area contributed by atoms with Crippen LogP contribution >= 0.6 is 0 Å². The smallest absolute Gasteiger partial charge is 0.255 e. The van der Waals surface area contributed by atoms with Gasteiger partial charge in [0.2, 0.25) is 10.0 Å². The molecular weight excluding hydrogens is 404 g/mol. The van der Waals surface area contributed by atoms with Crippen LogP contribution in [0.25, 0.3) is 0 Å². The number of hydrogen-bond acceptors (Lipinski definition) is 6. The topological polar surface area (TPSA) is 91.8 Å². The van der Waals surface area contributed by atoms with E-state index in [1.54, 1.807) is 24.4 Å². The highest BCUT2D eigenvalue weighted by Gasteiger charge is 2.29. The third-order valence-corrected chi connectivity index (χ3v) is 6.99. The highest BCUT2D eigenvalue weighted by Crippen LogP contribution is 2.29. The third kappa shape index (κ3) is 4.91. The van der Waals surface area contributed by atoms with Gasteiger partial charge in [0.25, 0.3) is 5.91 Å². The summed E-state index contributed by atoms with van der Waals surface area (Å²) in [6.07, 6.45) is 5.26. The van der Waals surface area contributed by atoms with Crippen molar-refractivity contribution >= 4 is 27.4 Å². The molecule has 0 unspecified atom stereocenters. The number of carbonyl (C=O) groups excluding carboxylic acids is 1. The minimum Gasteiger partial charge on any atom is -0.495 e. The van der Waals surface area contributed by atoms with E-state index in [4.69, 9.17) is 4.74 Å². The summed E-state index contributed by atoms with van der Waals surface area (Å²) >= 11 is 0. The van der Waals surface area contributed by atoms with Crippen molar-refractivity contribution in [3.63, 3.8) is 0 Å². The van der Waals surface area contributed by atoms with Crippen LogP contribution in [0.15, 0.2) is 41.4 Å². The van der Waals surface area contributed by atoms with E-state index >= 15 is 0 Å². The number of pyridine rings is 1. The summed E-state index contributed by atoms with van der Waals surface area (Å²) in [5, 5.41) is 2.76. The number of carbonyl (C=O) groups is 1. The molecule has 30 heavy (non-hydrogen) atoms. The van der Waals surface area contributed by atoms with E-state index in [-0.39, 0.29) is 16.2 Å². The zero-order valence-corrected chi connectivity index (χ0v) is 18.4. The van der Waals surface area contributed by atoms with Crippen molar-refractivity contribution in [1.29, 1.82) is 0 Å². The molecule has 1 saturated heterocycles. The van der Waals surface area contributed by atoms with Gasteiger partial charge in [-0.1, -0.05) is 12.8 Å². The molecule has 0 atom stereocenters. The maximum atomic E-state index is 13.3. The molecule has 1 fully saturated rings. The lowest BCUT2D eigenvalue weighted by Crippen LogP contribution is -2.32. The Morgan fingerprint density at radius 2 is 1.80 bits per heavy atom. The molecule has 162 valence electrons. The van der Waals surface area contributed by atoms with Crippen LogP contribution in [0.5, 0.6) is 5.75 Å². The van der Waals surface area contributed by atoms with Gasteiger partial charge in [0.1, 0.15) is 16.5 Å². The molecule has 2 aromatic rings. The van der Waals surface area contributed by atoms with E-state index in [1.165, 1.54) is 23.5 Å². The summed E-state index contributed by atoms with van der Waals surface area (Å²) < 4.78 is 33.3. The Balaban J connectivity index is 1.86. The maximum absolute atomic E-state index is 13.3. The van der Waals surface area contributed by atoms with Gasteiger partial charge in [-0.25, -0.2) is 13.4 Å². The average Bonchev–Trinajstić information content (AvgIpc) is 3.04. The Morgan fingerprint density at radius 3 is 2.37 bits per heavy atom. The van der Waals surface area contributed by atoms with E-state index < -0.39 is 15.9 Å². The molecular formula is C21H28N4O4S. The minimum absolute atomic E-state index is 0.0145. The van der Waals surface area contributed by atoms with Crippen LogP contribution in [0.3, 0.4) is 0 Å². The molecule has 1 aliphatic rings. The lowest BCUT2D eigenvalue weighted by Gasteiger charge is -2.21. The molecule has 0 spiro atoms. The van der Waals surface area contributed by atoms with Crippen LogP contribution in [0.2, 0.25) is 0 Å². The van der Waals surface area contributed by atoms with Gasteiger partial charge in [-0.2, -0.15) is 4.31 Å². The van der Waals surface area contributed by atoms with E-state index in [0.29, 0.717) is 18.8 Å². The molecule has 1 aromatic heterocycles. The van der Waals surface area contributed by atoms with E-state index in [9.17, 15) is 13.2 Å². The van der Waals surface area contributed by atoms with Crippen LogP contribution in [-0.2, 0) is 10.0 Å². The number of hydrogen-bond donors (Lipinski definition) is 1. The number of methoxy groups -OCH3 is 1. The van der Waals surface area contributed by atoms with Crippen LogP contribution in [0, 0.1) is 0 Å². The predicted octanol–water partition coefficient (Wildman–Crippen LogP) is 2.97. The highest BCUT2D eigenvalue weighted by molar-refractivity contribution is 7.89. The van der Waals surface area contributed by atoms with Crippen molar-refractivity contribution < 1.29 is 17.9 Å². The Labute approximate surface area is 177 Å². The van der Waals surface area contributed by atoms with E-state index in [2.05, 4.69) is 10.3 Å². The molecule has 0 aliphatic carbocycles. The Morgan fingerprint density at radius 1 is 1.10 bits per heavy atom. The van der Waals surface area contributed by atoms with Crippen LogP contribution in [0.1, 0.15) is 36.0 Å². The first-order valence-electron chi connectivity index (χ1n) is 9.96. The van der Waals surface area contributed by atoms with Gasteiger partial charge < -0.3 is 15.0 Å². The molecule has 8 nitrogen and oxygen atoms in total. The molecule has 1 amide bonds. The number of aromatic nitrogens is 1. The van der Waals surface area contributed by atoms with Crippen molar-refractivity contribution in [3.8, 4) is 5.75 Å². The molecule has 0 radical (unpaired) electrons. The third-order valence-electron chi connectivity index (χ3n) is 5.07. The number of sulfonamides is 1. The van der Waals surface area contributed by atoms with Crippen molar-refractivity contribution in [1.82, 2.24) is 9.29 Å². The zero-order valence-electron chi connectivity index (χ0n) is 17.6. The lowest BCUT2D eigenvalue weighted by atomic mass is 10.2. The minimum atomic E-state index is -3.76. The molecule has 1 aliphatic heterocycles. The standard InChI is InChI=1S/C21H28N4O4S/c1-24(2)20-11-9-17(15-22-20)23-21(26)16-8-10-18(29-3)19(14-16)30(27,28)25-12-6-4-5-7-13-25/h8-11,14-15H,4-7,12-13H2,1-3H3,(H,23,26). The van der Waals surface area contributed by atoms with Gasteiger partial charge in [-0.15, -0.1) is 0 Å². The van der Waals surface area contributed by atoms with Crippen LogP contribution in [-0.4, -0.2) is 57.9 Å². The quantitative estimate of drug-likeness (QED) is 0.755. The summed E-state index contributed by atoms with van der Waals surface area (Å²) in [6.45, 7) is 0.956. The van der Waals surface area contributed by atoms with Gasteiger partial charge in [0.15, 0.2) is 0 Å². The summed E-state index contributed by atoms with van der Waals surface area (Å²) in [4.78, 5) is 18.9. The van der Waals surface area contributed by atoms with Crippen molar-refractivity contribution in [2.45, 2.75) is 30.6 Å². The Bertz CT molecular complexity index is 983. The second kappa shape index (κ2) is 9.44. The molecule has 3 rings (SSSR count). The normalized spacial score (nSPS) is 15.3. The number of amides is 1. The Hall–Kier alpha value is -2.65. The molecule has 9 heteroatoms. The molecule has 1 N–H and O–H groups in total. The second-order valence-electron chi connectivity index (χ2n) is 7.44. The predicted molar refractivity (Wildman–Crippen MR) is 117 cm³/mol. The van der Waals surface area contributed by atoms with Crippen LogP contribution < -0.4 is 15.0 Å². The summed E-state index contributed by atoms with van der Waals surface area (Å²) in [5.41, 5.74) is 0.763. The highest BCUT2D eigenvalue weighted by atomic mass is 32.2. The first kappa shape index (κ1) is 22.0. The van der Waals surface area contributed by atoms with Crippen molar-refractivity contribution in [2.75, 3.05) is 44.5 Å². The second-order valence-corrected chi connectivity index (χ2v) is 9.34. The Kier molecular flexibility index (Phi) is 6.94. The first-order chi connectivity index (χ1) is 14.3. The van der Waals surface area contributed by atoms with Gasteiger partial charge in [-0.05, 0) is 43.2 Å². The van der Waals surface area contributed by atoms with Gasteiger partial charge >= 0.3 is 0 Å². The fourth-order valence-corrected chi connectivity index (χ4v) is 5.07. The van der Waals surface area contributed by atoms with Gasteiger partial charge in [0.05, 0.1) is 19.0 Å². The SMILES string of the molecule is COc1ccc(C(=O)Nc2ccc(N(C)C)nc2)cc1S(=O)(=O)N1CCCCCC1. The molecule has 1 aromatic carbocycles. The largest absolute Gasteiger partial charge is 0.495 e. The zero-order chi connectivity index (χ0) is 21.7. The molecule has 0 saturated carbocycles. The fraction of sp³-hybridized carbons (Fsp3) is 0.429. The number of anilines is 2. The average molecular weight is 433 g/mol. The number of ether oxygens (including phenoxy) is 1. The number of benzene rings is 1. The van der Waals surface area contributed by atoms with E-state index in [0.717, 1.165) is 31.5 Å². The monoisotopic (exact) mass is 432 g/mol. The maximum Gasteiger partial charge on any atom is 0.255 e. The number of nitrogens with one attached hydrogen (secondary N) is 1. The van der Waals surface area contributed by atoms with Crippen molar-refractivity contribution in [3.05, 3.63) is 42.1 Å². The lowest BCUT2D eigenvalue weighted by molar-refractivity contribution is 0.102. The van der Waals surface area contributed by atoms with Gasteiger partial charge in [-0.3, -0.25) is 4.79 Å². The van der Waals surface area contributed by atoms with E-state index in [1.807, 2.05) is 19.0 Å². The summed E-state index contributed by atoms with van der Waals surface area (Å²) in [7, 11) is 1.42. The number of nitrogens with zero attached hydrogens (tertiary/aromatic N) is 3. The van der Waals surface area contributed by atoms with Gasteiger partial charge in [0, 0.05) is 32.7 Å². The summed E-state index contributed by atoms with van der Waals surface area (Å²) in [5.74, 6) is 0.584. The molecule has 2 heterocycles. The number of rotatable bonds is 6. The fourth-order valence-electron chi connectivity index (χ4n) is 3.37. The van der Waals surface area contributed by atoms with Crippen LogP contribution in [0.4, 0.5) is 11.5 Å². The van der Waals surface area contributed by atoms with Crippen molar-refractivity contribution in [2.24, 2.45) is 0 Å².